The van der Waals surface area contributed by atoms with Crippen molar-refractivity contribution in [3.05, 3.63) is 36.5 Å². The number of allylic oxidation sites excluding steroid dienone is 6. The lowest BCUT2D eigenvalue weighted by Gasteiger charge is -2.19. The second kappa shape index (κ2) is 38.9. The van der Waals surface area contributed by atoms with Crippen molar-refractivity contribution in [2.75, 3.05) is 26.4 Å². The van der Waals surface area contributed by atoms with Crippen LogP contribution >= 0.6 is 7.82 Å². The molecular weight excluding hydrogens is 677 g/mol. The number of rotatable bonds is 39. The van der Waals surface area contributed by atoms with Crippen molar-refractivity contribution in [3.8, 4) is 0 Å². The number of esters is 2. The standard InChI is InChI=1S/C42H78NO8P/c1-3-5-7-9-11-13-15-17-19-20-21-23-25-27-29-31-33-35-42(45)51-40(39-50-52(46,47)49-37-36-43)38-48-41(44)34-32-30-28-26-24-22-18-16-14-12-10-8-6-4-2/h11,13,16-19,40H,3-10,12,14-15,20-39,43H2,1-2H3,(H,46,47)/b13-11-,18-16-,19-17-. The molecule has 2 atom stereocenters. The minimum absolute atomic E-state index is 0.0505. The molecular formula is C42H78NO8P. The van der Waals surface area contributed by atoms with Gasteiger partial charge >= 0.3 is 19.8 Å². The van der Waals surface area contributed by atoms with Gasteiger partial charge in [-0.05, 0) is 70.6 Å². The van der Waals surface area contributed by atoms with E-state index >= 15 is 0 Å². The zero-order chi connectivity index (χ0) is 38.2. The Balaban J connectivity index is 4.20. The number of unbranched alkanes of at least 4 members (excludes halogenated alkanes) is 20. The first-order valence-corrected chi connectivity index (χ1v) is 22.5. The van der Waals surface area contributed by atoms with E-state index in [1.165, 1.54) is 83.5 Å². The number of carbonyl (C=O) groups excluding carboxylic acids is 2. The molecule has 0 aliphatic heterocycles. The van der Waals surface area contributed by atoms with Crippen LogP contribution in [0.4, 0.5) is 0 Å². The average Bonchev–Trinajstić information content (AvgIpc) is 3.13. The first-order valence-electron chi connectivity index (χ1n) is 21.0. The maximum atomic E-state index is 12.6. The monoisotopic (exact) mass is 756 g/mol. The summed E-state index contributed by atoms with van der Waals surface area (Å²) < 4.78 is 32.7. The first kappa shape index (κ1) is 50.2. The molecule has 304 valence electrons. The minimum Gasteiger partial charge on any atom is -0.462 e. The van der Waals surface area contributed by atoms with Gasteiger partial charge in [0.05, 0.1) is 13.2 Å². The van der Waals surface area contributed by atoms with Gasteiger partial charge < -0.3 is 20.1 Å². The molecule has 3 N–H and O–H groups in total. The zero-order valence-electron chi connectivity index (χ0n) is 33.3. The molecule has 2 unspecified atom stereocenters. The maximum absolute atomic E-state index is 12.6. The van der Waals surface area contributed by atoms with Gasteiger partial charge in [-0.25, -0.2) is 4.57 Å². The lowest BCUT2D eigenvalue weighted by Crippen LogP contribution is -2.29. The molecule has 0 aliphatic carbocycles. The Hall–Kier alpha value is -1.77. The zero-order valence-corrected chi connectivity index (χ0v) is 34.2. The molecule has 9 nitrogen and oxygen atoms in total. The summed E-state index contributed by atoms with van der Waals surface area (Å²) in [6.45, 7) is 3.68. The summed E-state index contributed by atoms with van der Waals surface area (Å²) in [5.41, 5.74) is 5.34. The third-order valence-electron chi connectivity index (χ3n) is 8.75. The smallest absolute Gasteiger partial charge is 0.462 e. The number of phosphoric ester groups is 1. The molecule has 10 heteroatoms. The Morgan fingerprint density at radius 2 is 1.00 bits per heavy atom. The predicted molar refractivity (Wildman–Crippen MR) is 215 cm³/mol. The van der Waals surface area contributed by atoms with Crippen LogP contribution in [0.25, 0.3) is 0 Å². The van der Waals surface area contributed by atoms with Gasteiger partial charge in [0.1, 0.15) is 6.61 Å². The summed E-state index contributed by atoms with van der Waals surface area (Å²) in [7, 11) is -4.38. The lowest BCUT2D eigenvalue weighted by atomic mass is 10.1. The van der Waals surface area contributed by atoms with E-state index in [1.807, 2.05) is 0 Å². The number of phosphoric acid groups is 1. The fourth-order valence-electron chi connectivity index (χ4n) is 5.60. The van der Waals surface area contributed by atoms with Gasteiger partial charge in [0.25, 0.3) is 0 Å². The van der Waals surface area contributed by atoms with E-state index in [0.717, 1.165) is 70.6 Å². The van der Waals surface area contributed by atoms with Gasteiger partial charge in [0, 0.05) is 19.4 Å². The van der Waals surface area contributed by atoms with Gasteiger partial charge in [0.2, 0.25) is 0 Å². The van der Waals surface area contributed by atoms with Crippen LogP contribution in [0.15, 0.2) is 36.5 Å². The lowest BCUT2D eigenvalue weighted by molar-refractivity contribution is -0.161. The average molecular weight is 756 g/mol. The molecule has 0 amide bonds. The summed E-state index contributed by atoms with van der Waals surface area (Å²) in [5.74, 6) is -0.847. The summed E-state index contributed by atoms with van der Waals surface area (Å²) in [4.78, 5) is 34.8. The third-order valence-corrected chi connectivity index (χ3v) is 9.73. The molecule has 0 saturated carbocycles. The SMILES string of the molecule is CCCCC/C=C\C/C=C\CCCCCCCCCC(=O)OC(COC(=O)CCCCCCC/C=C\CCCCCCC)COP(=O)(O)OCCN. The molecule has 0 aliphatic rings. The predicted octanol–water partition coefficient (Wildman–Crippen LogP) is 11.8. The van der Waals surface area contributed by atoms with Crippen molar-refractivity contribution in [1.82, 2.24) is 0 Å². The molecule has 0 rings (SSSR count). The van der Waals surface area contributed by atoms with Gasteiger partial charge in [0.15, 0.2) is 6.10 Å². The normalized spacial score (nSPS) is 13.7. The largest absolute Gasteiger partial charge is 0.472 e. The molecule has 0 saturated heterocycles. The van der Waals surface area contributed by atoms with Crippen LogP contribution in [0.5, 0.6) is 0 Å². The summed E-state index contributed by atoms with van der Waals surface area (Å²) in [5, 5.41) is 0. The van der Waals surface area contributed by atoms with Gasteiger partial charge in [-0.15, -0.1) is 0 Å². The summed E-state index contributed by atoms with van der Waals surface area (Å²) >= 11 is 0. The van der Waals surface area contributed by atoms with Crippen LogP contribution in [0, 0.1) is 0 Å². The van der Waals surface area contributed by atoms with Crippen LogP contribution in [-0.4, -0.2) is 49.3 Å². The van der Waals surface area contributed by atoms with Crippen molar-refractivity contribution < 1.29 is 37.6 Å². The Labute approximate surface area is 318 Å². The highest BCUT2D eigenvalue weighted by Crippen LogP contribution is 2.43. The molecule has 52 heavy (non-hydrogen) atoms. The van der Waals surface area contributed by atoms with E-state index < -0.39 is 32.5 Å². The number of ether oxygens (including phenoxy) is 2. The van der Waals surface area contributed by atoms with Crippen molar-refractivity contribution >= 4 is 19.8 Å². The molecule has 0 bridgehead atoms. The molecule has 0 aromatic heterocycles. The highest BCUT2D eigenvalue weighted by molar-refractivity contribution is 7.47. The van der Waals surface area contributed by atoms with Gasteiger partial charge in [-0.3, -0.25) is 18.6 Å². The van der Waals surface area contributed by atoms with Crippen molar-refractivity contribution in [2.45, 2.75) is 193 Å². The summed E-state index contributed by atoms with van der Waals surface area (Å²) in [6, 6.07) is 0. The number of hydrogen-bond donors (Lipinski definition) is 2. The Bertz CT molecular complexity index is 954. The second-order valence-electron chi connectivity index (χ2n) is 13.8. The first-order chi connectivity index (χ1) is 25.3. The molecule has 0 aromatic carbocycles. The highest BCUT2D eigenvalue weighted by atomic mass is 31.2. The maximum Gasteiger partial charge on any atom is 0.472 e. The molecule has 0 spiro atoms. The van der Waals surface area contributed by atoms with E-state index in [4.69, 9.17) is 24.3 Å². The van der Waals surface area contributed by atoms with Crippen molar-refractivity contribution in [3.63, 3.8) is 0 Å². The van der Waals surface area contributed by atoms with Gasteiger partial charge in [-0.1, -0.05) is 140 Å². The highest BCUT2D eigenvalue weighted by Gasteiger charge is 2.26. The van der Waals surface area contributed by atoms with Crippen LogP contribution in [0.3, 0.4) is 0 Å². The molecule has 0 radical (unpaired) electrons. The molecule has 0 fully saturated rings. The van der Waals surface area contributed by atoms with E-state index in [9.17, 15) is 19.0 Å². The van der Waals surface area contributed by atoms with Crippen LogP contribution in [-0.2, 0) is 32.7 Å². The van der Waals surface area contributed by atoms with Gasteiger partial charge in [-0.2, -0.15) is 0 Å². The van der Waals surface area contributed by atoms with E-state index in [0.29, 0.717) is 6.42 Å². The topological polar surface area (TPSA) is 134 Å². The Morgan fingerprint density at radius 3 is 1.52 bits per heavy atom. The summed E-state index contributed by atoms with van der Waals surface area (Å²) in [6.07, 6.45) is 41.7. The number of carbonyl (C=O) groups is 2. The number of nitrogens with two attached hydrogens (primary N) is 1. The van der Waals surface area contributed by atoms with Crippen LogP contribution in [0.2, 0.25) is 0 Å². The van der Waals surface area contributed by atoms with Crippen LogP contribution < -0.4 is 5.73 Å². The van der Waals surface area contributed by atoms with Crippen molar-refractivity contribution in [1.29, 1.82) is 0 Å². The third kappa shape index (κ3) is 38.0. The fourth-order valence-corrected chi connectivity index (χ4v) is 6.36. The second-order valence-corrected chi connectivity index (χ2v) is 15.3. The van der Waals surface area contributed by atoms with E-state index in [1.54, 1.807) is 0 Å². The van der Waals surface area contributed by atoms with Crippen molar-refractivity contribution in [2.24, 2.45) is 5.73 Å². The Kier molecular flexibility index (Phi) is 37.6. The van der Waals surface area contributed by atoms with E-state index in [2.05, 4.69) is 50.3 Å². The van der Waals surface area contributed by atoms with E-state index in [-0.39, 0.29) is 32.6 Å². The molecule has 0 aromatic rings. The fraction of sp³-hybridized carbons (Fsp3) is 0.810. The Morgan fingerprint density at radius 1 is 0.577 bits per heavy atom. The van der Waals surface area contributed by atoms with Crippen LogP contribution in [0.1, 0.15) is 187 Å². The molecule has 0 heterocycles. The minimum atomic E-state index is -4.38. The number of hydrogen-bond acceptors (Lipinski definition) is 8. The quantitative estimate of drug-likeness (QED) is 0.0272.